The average molecular weight is 282 g/mol. The van der Waals surface area contributed by atoms with Crippen molar-refractivity contribution in [3.05, 3.63) is 29.0 Å². The second-order valence-electron chi connectivity index (χ2n) is 5.22. The topological polar surface area (TPSA) is 67.0 Å². The van der Waals surface area contributed by atoms with E-state index < -0.39 is 11.7 Å². The number of rotatable bonds is 2. The third-order valence-electron chi connectivity index (χ3n) is 2.32. The molecule has 2 N–H and O–H groups in total. The molecule has 19 heavy (non-hydrogen) atoms. The van der Waals surface area contributed by atoms with Gasteiger partial charge in [0.05, 0.1) is 17.6 Å². The van der Waals surface area contributed by atoms with Crippen molar-refractivity contribution in [1.82, 2.24) is 15.3 Å². The maximum Gasteiger partial charge on any atom is 0.407 e. The van der Waals surface area contributed by atoms with E-state index in [4.69, 9.17) is 16.3 Å². The lowest BCUT2D eigenvalue weighted by molar-refractivity contribution is 0.0523. The number of ether oxygens (including phenoxy) is 1. The summed E-state index contributed by atoms with van der Waals surface area (Å²) in [6.45, 7) is 5.81. The number of nitrogens with one attached hydrogen (secondary N) is 2. The first kappa shape index (κ1) is 13.7. The highest BCUT2D eigenvalue weighted by atomic mass is 35.5. The van der Waals surface area contributed by atoms with Gasteiger partial charge in [-0.15, -0.1) is 0 Å². The normalized spacial score (nSPS) is 11.6. The Labute approximate surface area is 116 Å². The number of pyridine rings is 1. The summed E-state index contributed by atoms with van der Waals surface area (Å²) in [5.74, 6) is 0. The van der Waals surface area contributed by atoms with Crippen LogP contribution in [0.5, 0.6) is 0 Å². The Morgan fingerprint density at radius 1 is 1.47 bits per heavy atom. The lowest BCUT2D eigenvalue weighted by Gasteiger charge is -2.19. The molecular weight excluding hydrogens is 266 g/mol. The van der Waals surface area contributed by atoms with Crippen LogP contribution < -0.4 is 5.32 Å². The van der Waals surface area contributed by atoms with Crippen molar-refractivity contribution >= 4 is 28.7 Å². The lowest BCUT2D eigenvalue weighted by atomic mass is 10.2. The van der Waals surface area contributed by atoms with Crippen LogP contribution >= 0.6 is 11.6 Å². The maximum atomic E-state index is 11.5. The van der Waals surface area contributed by atoms with Gasteiger partial charge in [-0.25, -0.2) is 9.78 Å². The number of fused-ring (bicyclic) bond motifs is 1. The number of hydrogen-bond acceptors (Lipinski definition) is 3. The van der Waals surface area contributed by atoms with Gasteiger partial charge in [0, 0.05) is 5.69 Å². The van der Waals surface area contributed by atoms with Gasteiger partial charge in [-0.05, 0) is 39.0 Å². The number of carbonyl (C=O) groups is 1. The highest BCUT2D eigenvalue weighted by Gasteiger charge is 2.15. The molecule has 0 bridgehead atoms. The predicted octanol–water partition coefficient (Wildman–Crippen LogP) is 3.24. The highest BCUT2D eigenvalue weighted by molar-refractivity contribution is 6.29. The maximum absolute atomic E-state index is 11.5. The number of amides is 1. The van der Waals surface area contributed by atoms with E-state index in [2.05, 4.69) is 15.3 Å². The molecule has 0 aliphatic rings. The minimum atomic E-state index is -0.500. The summed E-state index contributed by atoms with van der Waals surface area (Å²) < 4.78 is 5.15. The van der Waals surface area contributed by atoms with E-state index in [-0.39, 0.29) is 0 Å². The van der Waals surface area contributed by atoms with E-state index in [9.17, 15) is 4.79 Å². The van der Waals surface area contributed by atoms with Gasteiger partial charge in [0.2, 0.25) is 0 Å². The summed E-state index contributed by atoms with van der Waals surface area (Å²) in [5.41, 5.74) is 1.99. The molecule has 0 fully saturated rings. The Kier molecular flexibility index (Phi) is 3.66. The fourth-order valence-corrected chi connectivity index (χ4v) is 1.77. The largest absolute Gasteiger partial charge is 0.444 e. The molecule has 5 nitrogen and oxygen atoms in total. The van der Waals surface area contributed by atoms with E-state index in [1.165, 1.54) is 0 Å². The zero-order valence-corrected chi connectivity index (χ0v) is 11.8. The lowest BCUT2D eigenvalue weighted by Crippen LogP contribution is -2.32. The number of hydrogen-bond donors (Lipinski definition) is 2. The third kappa shape index (κ3) is 3.86. The Hall–Kier alpha value is -1.75. The SMILES string of the molecule is CC(C)(C)OC(=O)NCc1cc2nc(Cl)ccc2[nH]1. The molecule has 2 aromatic rings. The molecule has 2 rings (SSSR count). The van der Waals surface area contributed by atoms with Gasteiger partial charge in [0.1, 0.15) is 10.8 Å². The molecule has 0 aliphatic heterocycles. The second-order valence-corrected chi connectivity index (χ2v) is 5.60. The van der Waals surface area contributed by atoms with E-state index in [1.54, 1.807) is 6.07 Å². The molecule has 102 valence electrons. The molecule has 2 aromatic heterocycles. The van der Waals surface area contributed by atoms with Crippen molar-refractivity contribution < 1.29 is 9.53 Å². The standard InChI is InChI=1S/C13H16ClN3O2/c1-13(2,3)19-12(18)15-7-8-6-10-9(16-8)4-5-11(14)17-10/h4-6,16H,7H2,1-3H3,(H,15,18). The van der Waals surface area contributed by atoms with Crippen LogP contribution in [-0.4, -0.2) is 21.7 Å². The van der Waals surface area contributed by atoms with Crippen LogP contribution in [0.2, 0.25) is 5.15 Å². The van der Waals surface area contributed by atoms with Crippen LogP contribution in [-0.2, 0) is 11.3 Å². The average Bonchev–Trinajstić information content (AvgIpc) is 2.66. The second kappa shape index (κ2) is 5.09. The number of nitrogens with zero attached hydrogens (tertiary/aromatic N) is 1. The van der Waals surface area contributed by atoms with Crippen molar-refractivity contribution in [2.75, 3.05) is 0 Å². The Morgan fingerprint density at radius 3 is 2.89 bits per heavy atom. The molecule has 0 saturated heterocycles. The van der Waals surface area contributed by atoms with Crippen LogP contribution in [0.15, 0.2) is 18.2 Å². The predicted molar refractivity (Wildman–Crippen MR) is 74.2 cm³/mol. The summed E-state index contributed by atoms with van der Waals surface area (Å²) in [5, 5.41) is 3.12. The van der Waals surface area contributed by atoms with E-state index in [0.29, 0.717) is 11.7 Å². The fraction of sp³-hybridized carbons (Fsp3) is 0.385. The minimum absolute atomic E-state index is 0.350. The summed E-state index contributed by atoms with van der Waals surface area (Å²) >= 11 is 5.81. The molecule has 0 unspecified atom stereocenters. The van der Waals surface area contributed by atoms with Gasteiger partial charge in [-0.2, -0.15) is 0 Å². The molecule has 1 amide bonds. The Morgan fingerprint density at radius 2 is 2.21 bits per heavy atom. The van der Waals surface area contributed by atoms with Crippen molar-refractivity contribution in [3.63, 3.8) is 0 Å². The minimum Gasteiger partial charge on any atom is -0.444 e. The summed E-state index contributed by atoms with van der Waals surface area (Å²) in [6.07, 6.45) is -0.447. The molecule has 0 aliphatic carbocycles. The first-order valence-electron chi connectivity index (χ1n) is 5.94. The van der Waals surface area contributed by atoms with Gasteiger partial charge < -0.3 is 15.0 Å². The highest BCUT2D eigenvalue weighted by Crippen LogP contribution is 2.16. The van der Waals surface area contributed by atoms with Gasteiger partial charge >= 0.3 is 6.09 Å². The van der Waals surface area contributed by atoms with Crippen molar-refractivity contribution in [2.45, 2.75) is 32.9 Å². The van der Waals surface area contributed by atoms with Gasteiger partial charge in [0.25, 0.3) is 0 Å². The zero-order chi connectivity index (χ0) is 14.0. The van der Waals surface area contributed by atoms with Gasteiger partial charge in [0.15, 0.2) is 0 Å². The fourth-order valence-electron chi connectivity index (χ4n) is 1.62. The summed E-state index contributed by atoms with van der Waals surface area (Å²) in [4.78, 5) is 18.8. The zero-order valence-electron chi connectivity index (χ0n) is 11.1. The first-order valence-corrected chi connectivity index (χ1v) is 6.32. The summed E-state index contributed by atoms with van der Waals surface area (Å²) in [6, 6.07) is 5.41. The number of halogens is 1. The molecule has 2 heterocycles. The van der Waals surface area contributed by atoms with Crippen LogP contribution in [0.1, 0.15) is 26.5 Å². The van der Waals surface area contributed by atoms with E-state index in [1.807, 2.05) is 32.9 Å². The Bertz CT molecular complexity index is 601. The van der Waals surface area contributed by atoms with Crippen molar-refractivity contribution in [2.24, 2.45) is 0 Å². The number of aromatic amines is 1. The number of aromatic nitrogens is 2. The molecule has 0 atom stereocenters. The monoisotopic (exact) mass is 281 g/mol. The molecule has 6 heteroatoms. The number of carbonyl (C=O) groups excluding carboxylic acids is 1. The molecule has 0 saturated carbocycles. The summed E-state index contributed by atoms with van der Waals surface area (Å²) in [7, 11) is 0. The van der Waals surface area contributed by atoms with E-state index in [0.717, 1.165) is 16.7 Å². The van der Waals surface area contributed by atoms with Crippen LogP contribution in [0, 0.1) is 0 Å². The quantitative estimate of drug-likeness (QED) is 0.831. The molecular formula is C13H16ClN3O2. The Balaban J connectivity index is 2.00. The number of alkyl carbamates (subject to hydrolysis) is 1. The van der Waals surface area contributed by atoms with Crippen LogP contribution in [0.4, 0.5) is 4.79 Å². The smallest absolute Gasteiger partial charge is 0.407 e. The van der Waals surface area contributed by atoms with Crippen molar-refractivity contribution in [1.29, 1.82) is 0 Å². The molecule has 0 aromatic carbocycles. The van der Waals surface area contributed by atoms with E-state index >= 15 is 0 Å². The number of H-pyrrole nitrogens is 1. The third-order valence-corrected chi connectivity index (χ3v) is 2.53. The molecule has 0 radical (unpaired) electrons. The first-order chi connectivity index (χ1) is 8.83. The van der Waals surface area contributed by atoms with Gasteiger partial charge in [-0.1, -0.05) is 11.6 Å². The van der Waals surface area contributed by atoms with Crippen molar-refractivity contribution in [3.8, 4) is 0 Å². The molecule has 0 spiro atoms. The van der Waals surface area contributed by atoms with Crippen LogP contribution in [0.3, 0.4) is 0 Å². The van der Waals surface area contributed by atoms with Gasteiger partial charge in [-0.3, -0.25) is 0 Å². The van der Waals surface area contributed by atoms with Crippen LogP contribution in [0.25, 0.3) is 11.0 Å².